The molecule has 0 unspecified atom stereocenters. The number of anilines is 1. The number of para-hydroxylation sites is 2. The van der Waals surface area contributed by atoms with Gasteiger partial charge in [-0.15, -0.1) is 0 Å². The Labute approximate surface area is 242 Å². The molecule has 6 rings (SSSR count). The number of imidazole rings is 1. The SMILES string of the molecule is Cc1cccc(N2CCN(C(=O)[C@H]3CCCN(Cc4nc5ccccc5n4Cc4ccc(Cl)cc4)C3)CC2)c1C. The van der Waals surface area contributed by atoms with Crippen molar-refractivity contribution in [1.82, 2.24) is 19.4 Å². The largest absolute Gasteiger partial charge is 0.368 e. The number of carbonyl (C=O) groups is 1. The molecule has 2 aliphatic heterocycles. The van der Waals surface area contributed by atoms with Gasteiger partial charge in [-0.05, 0) is 80.3 Å². The van der Waals surface area contributed by atoms with Crippen molar-refractivity contribution in [2.24, 2.45) is 5.92 Å². The number of hydrogen-bond donors (Lipinski definition) is 0. The van der Waals surface area contributed by atoms with Gasteiger partial charge in [-0.3, -0.25) is 9.69 Å². The van der Waals surface area contributed by atoms with Crippen molar-refractivity contribution in [2.45, 2.75) is 39.8 Å². The Morgan fingerprint density at radius 3 is 2.48 bits per heavy atom. The third kappa shape index (κ3) is 5.61. The summed E-state index contributed by atoms with van der Waals surface area (Å²) in [5, 5.41) is 0.746. The number of benzene rings is 3. The molecule has 208 valence electrons. The second kappa shape index (κ2) is 11.6. The minimum Gasteiger partial charge on any atom is -0.368 e. The van der Waals surface area contributed by atoms with Crippen LogP contribution in [-0.2, 0) is 17.9 Å². The number of piperazine rings is 1. The number of nitrogens with zero attached hydrogens (tertiary/aromatic N) is 5. The number of likely N-dealkylation sites (tertiary alicyclic amines) is 1. The van der Waals surface area contributed by atoms with Crippen LogP contribution in [0.1, 0.15) is 35.4 Å². The van der Waals surface area contributed by atoms with Crippen molar-refractivity contribution in [2.75, 3.05) is 44.2 Å². The minimum absolute atomic E-state index is 0.0510. The Kier molecular flexibility index (Phi) is 7.81. The van der Waals surface area contributed by atoms with Crippen LogP contribution in [0.3, 0.4) is 0 Å². The molecule has 6 nitrogen and oxygen atoms in total. The van der Waals surface area contributed by atoms with E-state index in [-0.39, 0.29) is 5.92 Å². The van der Waals surface area contributed by atoms with Crippen LogP contribution in [0.4, 0.5) is 5.69 Å². The monoisotopic (exact) mass is 555 g/mol. The average Bonchev–Trinajstić information content (AvgIpc) is 3.32. The first kappa shape index (κ1) is 26.9. The fourth-order valence-corrected chi connectivity index (χ4v) is 6.43. The van der Waals surface area contributed by atoms with Crippen molar-refractivity contribution in [1.29, 1.82) is 0 Å². The summed E-state index contributed by atoms with van der Waals surface area (Å²) in [6.07, 6.45) is 2.00. The summed E-state index contributed by atoms with van der Waals surface area (Å²) in [5.74, 6) is 1.42. The summed E-state index contributed by atoms with van der Waals surface area (Å²) in [4.78, 5) is 25.6. The molecule has 0 bridgehead atoms. The zero-order valence-corrected chi connectivity index (χ0v) is 24.3. The molecule has 2 saturated heterocycles. The van der Waals surface area contributed by atoms with Crippen molar-refractivity contribution in [3.8, 4) is 0 Å². The van der Waals surface area contributed by atoms with Gasteiger partial charge in [0.25, 0.3) is 0 Å². The molecule has 0 aliphatic carbocycles. The van der Waals surface area contributed by atoms with Crippen LogP contribution in [0.15, 0.2) is 66.7 Å². The van der Waals surface area contributed by atoms with Crippen LogP contribution in [0, 0.1) is 19.8 Å². The van der Waals surface area contributed by atoms with Gasteiger partial charge < -0.3 is 14.4 Å². The Balaban J connectivity index is 1.12. The maximum absolute atomic E-state index is 13.6. The van der Waals surface area contributed by atoms with E-state index in [1.165, 1.54) is 22.4 Å². The van der Waals surface area contributed by atoms with E-state index in [2.05, 4.69) is 81.6 Å². The Hall–Kier alpha value is -3.35. The predicted molar refractivity (Wildman–Crippen MR) is 163 cm³/mol. The highest BCUT2D eigenvalue weighted by atomic mass is 35.5. The lowest BCUT2D eigenvalue weighted by Gasteiger charge is -2.40. The lowest BCUT2D eigenvalue weighted by Crippen LogP contribution is -2.52. The maximum atomic E-state index is 13.6. The number of rotatable bonds is 6. The number of aryl methyl sites for hydroxylation is 1. The van der Waals surface area contributed by atoms with Gasteiger partial charge >= 0.3 is 0 Å². The number of aromatic nitrogens is 2. The van der Waals surface area contributed by atoms with Gasteiger partial charge in [0, 0.05) is 50.0 Å². The molecule has 4 aromatic rings. The number of piperidine rings is 1. The molecule has 1 amide bonds. The summed E-state index contributed by atoms with van der Waals surface area (Å²) in [5.41, 5.74) is 7.31. The van der Waals surface area contributed by atoms with Crippen molar-refractivity contribution in [3.63, 3.8) is 0 Å². The lowest BCUT2D eigenvalue weighted by molar-refractivity contribution is -0.137. The van der Waals surface area contributed by atoms with Crippen LogP contribution >= 0.6 is 11.6 Å². The first-order valence-electron chi connectivity index (χ1n) is 14.5. The minimum atomic E-state index is 0.0510. The summed E-state index contributed by atoms with van der Waals surface area (Å²) >= 11 is 6.13. The molecular weight excluding hydrogens is 518 g/mol. The van der Waals surface area contributed by atoms with Crippen LogP contribution in [-0.4, -0.2) is 64.5 Å². The molecule has 1 aromatic heterocycles. The molecule has 1 atom stereocenters. The van der Waals surface area contributed by atoms with E-state index in [0.717, 1.165) is 87.1 Å². The molecule has 0 N–H and O–H groups in total. The quantitative estimate of drug-likeness (QED) is 0.296. The van der Waals surface area contributed by atoms with Crippen LogP contribution < -0.4 is 4.90 Å². The zero-order valence-electron chi connectivity index (χ0n) is 23.5. The van der Waals surface area contributed by atoms with E-state index in [4.69, 9.17) is 16.6 Å². The van der Waals surface area contributed by atoms with E-state index >= 15 is 0 Å². The molecule has 0 radical (unpaired) electrons. The predicted octanol–water partition coefficient (Wildman–Crippen LogP) is 5.92. The Morgan fingerprint density at radius 2 is 1.68 bits per heavy atom. The van der Waals surface area contributed by atoms with Gasteiger partial charge in [-0.1, -0.05) is 48.0 Å². The van der Waals surface area contributed by atoms with E-state index in [1.54, 1.807) is 0 Å². The van der Waals surface area contributed by atoms with E-state index < -0.39 is 0 Å². The molecular formula is C33H38ClN5O. The summed E-state index contributed by atoms with van der Waals surface area (Å²) < 4.78 is 2.32. The number of halogens is 1. The first-order valence-corrected chi connectivity index (χ1v) is 14.8. The van der Waals surface area contributed by atoms with Gasteiger partial charge in [0.1, 0.15) is 5.82 Å². The molecule has 7 heteroatoms. The van der Waals surface area contributed by atoms with Gasteiger partial charge in [0.15, 0.2) is 0 Å². The summed E-state index contributed by atoms with van der Waals surface area (Å²) in [6.45, 7) is 11.0. The second-order valence-corrected chi connectivity index (χ2v) is 11.8. The highest BCUT2D eigenvalue weighted by Crippen LogP contribution is 2.27. The topological polar surface area (TPSA) is 44.6 Å². The third-order valence-electron chi connectivity index (χ3n) is 8.72. The molecule has 3 heterocycles. The molecule has 2 aliphatic rings. The Bertz CT molecular complexity index is 1490. The first-order chi connectivity index (χ1) is 19.5. The Morgan fingerprint density at radius 1 is 0.900 bits per heavy atom. The number of hydrogen-bond acceptors (Lipinski definition) is 4. The zero-order chi connectivity index (χ0) is 27.6. The maximum Gasteiger partial charge on any atom is 0.227 e. The highest BCUT2D eigenvalue weighted by Gasteiger charge is 2.32. The second-order valence-electron chi connectivity index (χ2n) is 11.3. The van der Waals surface area contributed by atoms with Gasteiger partial charge in [0.2, 0.25) is 5.91 Å². The van der Waals surface area contributed by atoms with Gasteiger partial charge in [-0.25, -0.2) is 4.98 Å². The van der Waals surface area contributed by atoms with Crippen molar-refractivity contribution >= 4 is 34.2 Å². The normalized spacial score (nSPS) is 18.4. The fraction of sp³-hybridized carbons (Fsp3) is 0.394. The summed E-state index contributed by atoms with van der Waals surface area (Å²) in [6, 6.07) is 22.9. The number of fused-ring (bicyclic) bond motifs is 1. The standard InChI is InChI=1S/C33H38ClN5O/c1-24-7-5-11-30(25(24)2)37-17-19-38(20-18-37)33(40)27-8-6-16-36(22-27)23-32-35-29-9-3-4-10-31(29)39(32)21-26-12-14-28(34)15-13-26/h3-5,7,9-15,27H,6,8,16-23H2,1-2H3/t27-/m0/s1. The molecule has 40 heavy (non-hydrogen) atoms. The van der Waals surface area contributed by atoms with E-state index in [1.807, 2.05) is 18.2 Å². The molecule has 0 saturated carbocycles. The fourth-order valence-electron chi connectivity index (χ4n) is 6.30. The van der Waals surface area contributed by atoms with Gasteiger partial charge in [-0.2, -0.15) is 0 Å². The van der Waals surface area contributed by atoms with E-state index in [9.17, 15) is 4.79 Å². The van der Waals surface area contributed by atoms with E-state index in [0.29, 0.717) is 5.91 Å². The smallest absolute Gasteiger partial charge is 0.227 e. The van der Waals surface area contributed by atoms with Crippen LogP contribution in [0.25, 0.3) is 11.0 Å². The van der Waals surface area contributed by atoms with Crippen molar-refractivity contribution < 1.29 is 4.79 Å². The molecule has 3 aromatic carbocycles. The summed E-state index contributed by atoms with van der Waals surface area (Å²) in [7, 11) is 0. The number of carbonyl (C=O) groups excluding carboxylic acids is 1. The third-order valence-corrected chi connectivity index (χ3v) is 8.97. The average molecular weight is 556 g/mol. The highest BCUT2D eigenvalue weighted by molar-refractivity contribution is 6.30. The van der Waals surface area contributed by atoms with Crippen LogP contribution in [0.5, 0.6) is 0 Å². The van der Waals surface area contributed by atoms with Crippen LogP contribution in [0.2, 0.25) is 5.02 Å². The molecule has 2 fully saturated rings. The lowest BCUT2D eigenvalue weighted by atomic mass is 9.96. The number of amides is 1. The van der Waals surface area contributed by atoms with Crippen molar-refractivity contribution in [3.05, 3.63) is 94.3 Å². The van der Waals surface area contributed by atoms with Gasteiger partial charge in [0.05, 0.1) is 23.5 Å². The molecule has 0 spiro atoms.